The maximum atomic E-state index is 12.3. The monoisotopic (exact) mass is 439 g/mol. The van der Waals surface area contributed by atoms with E-state index in [1.54, 1.807) is 17.0 Å². The van der Waals surface area contributed by atoms with Gasteiger partial charge >= 0.3 is 7.60 Å². The summed E-state index contributed by atoms with van der Waals surface area (Å²) in [5.41, 5.74) is 1.20. The van der Waals surface area contributed by atoms with Crippen molar-refractivity contribution in [2.24, 2.45) is 5.41 Å². The first-order valence-corrected chi connectivity index (χ1v) is 11.0. The fourth-order valence-electron chi connectivity index (χ4n) is 2.70. The SMILES string of the molecule is COP(=O)(CO[C@@H]1C=C(C)[C@H](n2cnc3c(NC(=O)C(C)(C)C)ncnc32)O1)OC. The third kappa shape index (κ3) is 4.60. The van der Waals surface area contributed by atoms with Gasteiger partial charge in [-0.2, -0.15) is 0 Å². The summed E-state index contributed by atoms with van der Waals surface area (Å²) in [7, 11) is -0.734. The van der Waals surface area contributed by atoms with E-state index in [1.165, 1.54) is 20.5 Å². The highest BCUT2D eigenvalue weighted by atomic mass is 31.2. The van der Waals surface area contributed by atoms with Crippen molar-refractivity contribution in [1.82, 2.24) is 19.5 Å². The zero-order chi connectivity index (χ0) is 22.1. The number of carbonyl (C=O) groups is 1. The minimum absolute atomic E-state index is 0.181. The molecule has 3 rings (SSSR count). The van der Waals surface area contributed by atoms with Crippen LogP contribution in [-0.2, 0) is 27.9 Å². The highest BCUT2D eigenvalue weighted by Gasteiger charge is 2.31. The van der Waals surface area contributed by atoms with Gasteiger partial charge in [-0.3, -0.25) is 13.9 Å². The topological polar surface area (TPSA) is 127 Å². The highest BCUT2D eigenvalue weighted by molar-refractivity contribution is 7.53. The van der Waals surface area contributed by atoms with E-state index in [2.05, 4.69) is 20.3 Å². The number of nitrogens with one attached hydrogen (secondary N) is 1. The summed E-state index contributed by atoms with van der Waals surface area (Å²) < 4.78 is 35.1. The van der Waals surface area contributed by atoms with Crippen LogP contribution in [0.1, 0.15) is 33.9 Å². The van der Waals surface area contributed by atoms with Crippen LogP contribution in [0.2, 0.25) is 0 Å². The lowest BCUT2D eigenvalue weighted by molar-refractivity contribution is -0.127. The summed E-state index contributed by atoms with van der Waals surface area (Å²) in [4.78, 5) is 25.1. The molecule has 2 atom stereocenters. The van der Waals surface area contributed by atoms with E-state index in [1.807, 2.05) is 27.7 Å². The van der Waals surface area contributed by atoms with Crippen LogP contribution in [0.15, 0.2) is 24.3 Å². The summed E-state index contributed by atoms with van der Waals surface area (Å²) in [5.74, 6) is 0.145. The lowest BCUT2D eigenvalue weighted by Crippen LogP contribution is -2.28. The van der Waals surface area contributed by atoms with Gasteiger partial charge in [0.2, 0.25) is 5.91 Å². The van der Waals surface area contributed by atoms with Gasteiger partial charge in [0.15, 0.2) is 35.8 Å². The number of imidazole rings is 1. The van der Waals surface area contributed by atoms with Gasteiger partial charge in [-0.05, 0) is 18.6 Å². The van der Waals surface area contributed by atoms with Crippen molar-refractivity contribution in [1.29, 1.82) is 0 Å². The summed E-state index contributed by atoms with van der Waals surface area (Å²) in [6.07, 6.45) is 3.14. The first-order valence-electron chi connectivity index (χ1n) is 9.23. The second-order valence-corrected chi connectivity index (χ2v) is 10.0. The number of nitrogens with zero attached hydrogens (tertiary/aromatic N) is 4. The number of anilines is 1. The Morgan fingerprint density at radius 1 is 1.27 bits per heavy atom. The average Bonchev–Trinajstić information content (AvgIpc) is 3.29. The van der Waals surface area contributed by atoms with Crippen LogP contribution in [0.25, 0.3) is 11.2 Å². The van der Waals surface area contributed by atoms with E-state index in [-0.39, 0.29) is 12.3 Å². The molecule has 164 valence electrons. The molecule has 0 saturated heterocycles. The summed E-state index contributed by atoms with van der Waals surface area (Å²) in [5, 5.41) is 2.79. The molecule has 1 amide bonds. The molecular formula is C18H26N5O6P. The average molecular weight is 439 g/mol. The molecule has 30 heavy (non-hydrogen) atoms. The van der Waals surface area contributed by atoms with Crippen LogP contribution in [0.3, 0.4) is 0 Å². The van der Waals surface area contributed by atoms with Crippen molar-refractivity contribution in [2.75, 3.05) is 25.9 Å². The van der Waals surface area contributed by atoms with E-state index in [0.717, 1.165) is 5.57 Å². The minimum atomic E-state index is -3.32. The molecule has 0 aromatic carbocycles. The van der Waals surface area contributed by atoms with Crippen LogP contribution in [0.4, 0.5) is 5.82 Å². The Balaban J connectivity index is 1.79. The molecule has 0 bridgehead atoms. The van der Waals surface area contributed by atoms with Crippen LogP contribution in [0, 0.1) is 5.41 Å². The van der Waals surface area contributed by atoms with Crippen LogP contribution in [0.5, 0.6) is 0 Å². The molecular weight excluding hydrogens is 413 g/mol. The maximum Gasteiger partial charge on any atom is 0.355 e. The van der Waals surface area contributed by atoms with E-state index < -0.39 is 25.5 Å². The van der Waals surface area contributed by atoms with Gasteiger partial charge in [0, 0.05) is 19.6 Å². The predicted octanol–water partition coefficient (Wildman–Crippen LogP) is 3.07. The van der Waals surface area contributed by atoms with E-state index in [0.29, 0.717) is 17.0 Å². The molecule has 2 aromatic rings. The number of hydrogen-bond acceptors (Lipinski definition) is 9. The second-order valence-electron chi connectivity index (χ2n) is 7.79. The molecule has 0 radical (unpaired) electrons. The van der Waals surface area contributed by atoms with Gasteiger partial charge in [0.1, 0.15) is 6.33 Å². The quantitative estimate of drug-likeness (QED) is 0.511. The van der Waals surface area contributed by atoms with Gasteiger partial charge in [-0.1, -0.05) is 20.8 Å². The number of fused-ring (bicyclic) bond motifs is 1. The fraction of sp³-hybridized carbons (Fsp3) is 0.556. The van der Waals surface area contributed by atoms with Crippen molar-refractivity contribution in [3.63, 3.8) is 0 Å². The van der Waals surface area contributed by atoms with Crippen LogP contribution in [-0.4, -0.2) is 52.3 Å². The van der Waals surface area contributed by atoms with Gasteiger partial charge in [0.25, 0.3) is 0 Å². The Bertz CT molecular complexity index is 1010. The fourth-order valence-corrected chi connectivity index (χ4v) is 3.39. The number of amides is 1. The molecule has 11 nitrogen and oxygen atoms in total. The lowest BCUT2D eigenvalue weighted by atomic mass is 9.96. The predicted molar refractivity (Wildman–Crippen MR) is 109 cm³/mol. The van der Waals surface area contributed by atoms with Gasteiger partial charge < -0.3 is 23.8 Å². The van der Waals surface area contributed by atoms with Gasteiger partial charge in [-0.15, -0.1) is 0 Å². The molecule has 3 heterocycles. The minimum Gasteiger partial charge on any atom is -0.336 e. The molecule has 0 unspecified atom stereocenters. The van der Waals surface area contributed by atoms with Crippen molar-refractivity contribution < 1.29 is 27.9 Å². The number of rotatable bonds is 7. The van der Waals surface area contributed by atoms with E-state index in [4.69, 9.17) is 18.5 Å². The van der Waals surface area contributed by atoms with Crippen molar-refractivity contribution in [3.8, 4) is 0 Å². The number of hydrogen-bond donors (Lipinski definition) is 1. The number of aromatic nitrogens is 4. The molecule has 1 aliphatic heterocycles. The molecule has 0 aliphatic carbocycles. The smallest absolute Gasteiger partial charge is 0.336 e. The molecule has 1 N–H and O–H groups in total. The maximum absolute atomic E-state index is 12.3. The van der Waals surface area contributed by atoms with Crippen molar-refractivity contribution in [3.05, 3.63) is 24.3 Å². The van der Waals surface area contributed by atoms with Crippen LogP contribution < -0.4 is 5.32 Å². The van der Waals surface area contributed by atoms with Crippen LogP contribution >= 0.6 is 7.60 Å². The Kier molecular flexibility index (Phi) is 6.40. The lowest BCUT2D eigenvalue weighted by Gasteiger charge is -2.19. The van der Waals surface area contributed by atoms with E-state index in [9.17, 15) is 9.36 Å². The summed E-state index contributed by atoms with van der Waals surface area (Å²) in [6.45, 7) is 7.31. The molecule has 12 heteroatoms. The van der Waals surface area contributed by atoms with Gasteiger partial charge in [-0.25, -0.2) is 15.0 Å². The van der Waals surface area contributed by atoms with Crippen molar-refractivity contribution in [2.45, 2.75) is 40.2 Å². The Labute approximate surface area is 174 Å². The normalized spacial score (nSPS) is 19.9. The zero-order valence-corrected chi connectivity index (χ0v) is 18.7. The second kappa shape index (κ2) is 8.52. The standard InChI is InChI=1S/C18H26N5O6P/c1-11-7-12(28-10-30(25,26-5)27-6)29-16(11)23-9-21-13-14(19-8-20-15(13)23)22-17(24)18(2,3)4/h7-9,12,16H,10H2,1-6H3,(H,19,20,22,24)/t12-,16+/m0/s1. The number of ether oxygens (including phenoxy) is 2. The highest BCUT2D eigenvalue weighted by Crippen LogP contribution is 2.47. The van der Waals surface area contributed by atoms with Crippen molar-refractivity contribution >= 4 is 30.5 Å². The molecule has 0 fully saturated rings. The first-order chi connectivity index (χ1) is 14.1. The Morgan fingerprint density at radius 3 is 2.60 bits per heavy atom. The summed E-state index contributed by atoms with van der Waals surface area (Å²) in [6, 6.07) is 0. The zero-order valence-electron chi connectivity index (χ0n) is 17.8. The number of carbonyl (C=O) groups excluding carboxylic acids is 1. The largest absolute Gasteiger partial charge is 0.355 e. The third-order valence-electron chi connectivity index (χ3n) is 4.53. The Morgan fingerprint density at radius 2 is 1.97 bits per heavy atom. The van der Waals surface area contributed by atoms with E-state index >= 15 is 0 Å². The molecule has 1 aliphatic rings. The Hall–Kier alpha value is -2.17. The first kappa shape index (κ1) is 22.5. The summed E-state index contributed by atoms with van der Waals surface area (Å²) >= 11 is 0. The third-order valence-corrected chi connectivity index (χ3v) is 6.11. The van der Waals surface area contributed by atoms with Gasteiger partial charge in [0.05, 0.1) is 6.33 Å². The molecule has 0 spiro atoms. The molecule has 2 aromatic heterocycles. The molecule has 0 saturated carbocycles.